The van der Waals surface area contributed by atoms with Gasteiger partial charge in [-0.2, -0.15) is 0 Å². The van der Waals surface area contributed by atoms with Crippen LogP contribution in [0.3, 0.4) is 0 Å². The zero-order valence-corrected chi connectivity index (χ0v) is 13.2. The molecule has 3 aromatic heterocycles. The molecule has 1 amide bonds. The molecule has 0 atom stereocenters. The molecule has 5 nitrogen and oxygen atoms in total. The normalized spacial score (nSPS) is 11.0. The second kappa shape index (κ2) is 5.42. The molecule has 0 aliphatic rings. The molecule has 108 valence electrons. The van der Waals surface area contributed by atoms with Gasteiger partial charge in [0, 0.05) is 4.88 Å². The topological polar surface area (TPSA) is 64.0 Å². The molecule has 0 aliphatic heterocycles. The van der Waals surface area contributed by atoms with Gasteiger partial charge in [-0.15, -0.1) is 22.7 Å². The largest absolute Gasteiger partial charge is 0.280 e. The van der Waals surface area contributed by atoms with Crippen molar-refractivity contribution in [2.24, 2.45) is 0 Å². The lowest BCUT2D eigenvalue weighted by Gasteiger charge is -2.05. The summed E-state index contributed by atoms with van der Waals surface area (Å²) >= 11 is 2.85. The monoisotopic (exact) mass is 319 g/mol. The van der Waals surface area contributed by atoms with E-state index in [1.54, 1.807) is 11.4 Å². The van der Waals surface area contributed by atoms with E-state index in [2.05, 4.69) is 17.3 Å². The summed E-state index contributed by atoms with van der Waals surface area (Å²) in [6.07, 6.45) is 2.24. The Balaban J connectivity index is 1.92. The molecule has 0 spiro atoms. The van der Waals surface area contributed by atoms with Crippen molar-refractivity contribution in [2.45, 2.75) is 20.3 Å². The number of hydrogen-bond donors (Lipinski definition) is 1. The fourth-order valence-electron chi connectivity index (χ4n) is 2.08. The van der Waals surface area contributed by atoms with Gasteiger partial charge in [-0.3, -0.25) is 15.0 Å². The predicted octanol–water partition coefficient (Wildman–Crippen LogP) is 2.77. The van der Waals surface area contributed by atoms with Crippen molar-refractivity contribution >= 4 is 38.8 Å². The maximum atomic E-state index is 12.2. The van der Waals surface area contributed by atoms with Gasteiger partial charge >= 0.3 is 0 Å². The first-order chi connectivity index (χ1) is 10.1. The zero-order valence-electron chi connectivity index (χ0n) is 11.5. The van der Waals surface area contributed by atoms with Crippen molar-refractivity contribution in [2.75, 3.05) is 5.43 Å². The molecule has 0 saturated heterocycles. The van der Waals surface area contributed by atoms with Gasteiger partial charge in [0.25, 0.3) is 11.5 Å². The quantitative estimate of drug-likeness (QED) is 0.807. The SMILES string of the molecule is CCc1sc(C(=O)Nn2cnc3sccc3c2=O)cc1C. The molecule has 0 saturated carbocycles. The Labute approximate surface area is 128 Å². The first-order valence-electron chi connectivity index (χ1n) is 6.45. The third kappa shape index (κ3) is 2.50. The molecular formula is C14H13N3O2S2. The highest BCUT2D eigenvalue weighted by Gasteiger charge is 2.13. The Bertz CT molecular complexity index is 876. The van der Waals surface area contributed by atoms with Crippen molar-refractivity contribution in [3.05, 3.63) is 49.5 Å². The summed E-state index contributed by atoms with van der Waals surface area (Å²) in [4.78, 5) is 31.0. The van der Waals surface area contributed by atoms with Gasteiger partial charge in [0.1, 0.15) is 11.2 Å². The number of hydrogen-bond acceptors (Lipinski definition) is 5. The standard InChI is InChI=1S/C14H13N3O2S2/c1-3-10-8(2)6-11(21-10)12(18)16-17-7-15-13-9(14(17)19)4-5-20-13/h4-7H,3H2,1-2H3,(H,16,18). The van der Waals surface area contributed by atoms with Crippen LogP contribution in [0.5, 0.6) is 0 Å². The molecule has 1 N–H and O–H groups in total. The van der Waals surface area contributed by atoms with Crippen molar-refractivity contribution < 1.29 is 4.79 Å². The molecule has 0 aromatic carbocycles. The van der Waals surface area contributed by atoms with E-state index in [9.17, 15) is 9.59 Å². The van der Waals surface area contributed by atoms with Crippen LogP contribution >= 0.6 is 22.7 Å². The Morgan fingerprint density at radius 2 is 2.29 bits per heavy atom. The van der Waals surface area contributed by atoms with Gasteiger partial charge in [0.05, 0.1) is 10.3 Å². The van der Waals surface area contributed by atoms with Crippen LogP contribution in [0.4, 0.5) is 0 Å². The molecular weight excluding hydrogens is 306 g/mol. The summed E-state index contributed by atoms with van der Waals surface area (Å²) in [7, 11) is 0. The van der Waals surface area contributed by atoms with Crippen molar-refractivity contribution in [3.63, 3.8) is 0 Å². The molecule has 0 bridgehead atoms. The van der Waals surface area contributed by atoms with Crippen LogP contribution in [-0.4, -0.2) is 15.6 Å². The van der Waals surface area contributed by atoms with E-state index in [-0.39, 0.29) is 11.5 Å². The summed E-state index contributed by atoms with van der Waals surface area (Å²) in [5.74, 6) is -0.290. The molecule has 21 heavy (non-hydrogen) atoms. The second-order valence-corrected chi connectivity index (χ2v) is 6.60. The molecule has 3 rings (SSSR count). The Kier molecular flexibility index (Phi) is 3.60. The van der Waals surface area contributed by atoms with Gasteiger partial charge in [-0.05, 0) is 36.4 Å². The number of amides is 1. The summed E-state index contributed by atoms with van der Waals surface area (Å²) in [5, 5.41) is 2.32. The number of carbonyl (C=O) groups is 1. The fourth-order valence-corrected chi connectivity index (χ4v) is 3.81. The van der Waals surface area contributed by atoms with Crippen LogP contribution in [0.25, 0.3) is 10.2 Å². The van der Waals surface area contributed by atoms with Crippen molar-refractivity contribution in [1.29, 1.82) is 0 Å². The average molecular weight is 319 g/mol. The van der Waals surface area contributed by atoms with Gasteiger partial charge in [0.15, 0.2) is 0 Å². The number of aromatic nitrogens is 2. The van der Waals surface area contributed by atoms with Crippen LogP contribution in [0, 0.1) is 6.92 Å². The summed E-state index contributed by atoms with van der Waals surface area (Å²) in [5.41, 5.74) is 3.43. The Hall–Kier alpha value is -1.99. The number of nitrogens with one attached hydrogen (secondary N) is 1. The molecule has 0 unspecified atom stereocenters. The van der Waals surface area contributed by atoms with Gasteiger partial charge in [-0.25, -0.2) is 9.66 Å². The summed E-state index contributed by atoms with van der Waals surface area (Å²) in [6, 6.07) is 3.56. The van der Waals surface area contributed by atoms with E-state index in [1.807, 2.05) is 13.0 Å². The smallest absolute Gasteiger partial charge is 0.267 e. The molecule has 7 heteroatoms. The predicted molar refractivity (Wildman–Crippen MR) is 86.0 cm³/mol. The minimum atomic E-state index is -0.290. The lowest BCUT2D eigenvalue weighted by molar-refractivity contribution is 0.101. The summed E-state index contributed by atoms with van der Waals surface area (Å²) < 4.78 is 1.14. The molecule has 0 radical (unpaired) electrons. The van der Waals surface area contributed by atoms with Gasteiger partial charge in [0.2, 0.25) is 0 Å². The number of fused-ring (bicyclic) bond motifs is 1. The van der Waals surface area contributed by atoms with E-state index < -0.39 is 0 Å². The number of rotatable bonds is 3. The number of aryl methyl sites for hydroxylation is 2. The second-order valence-electron chi connectivity index (χ2n) is 4.57. The molecule has 0 fully saturated rings. The van der Waals surface area contributed by atoms with Crippen LogP contribution in [-0.2, 0) is 6.42 Å². The Morgan fingerprint density at radius 3 is 3.00 bits per heavy atom. The van der Waals surface area contributed by atoms with Gasteiger partial charge in [-0.1, -0.05) is 6.92 Å². The van der Waals surface area contributed by atoms with Crippen LogP contribution in [0.15, 0.2) is 28.6 Å². The molecule has 3 heterocycles. The number of nitrogens with zero attached hydrogens (tertiary/aromatic N) is 2. The van der Waals surface area contributed by atoms with Crippen LogP contribution in [0.2, 0.25) is 0 Å². The highest BCUT2D eigenvalue weighted by atomic mass is 32.1. The molecule has 3 aromatic rings. The number of carbonyl (C=O) groups excluding carboxylic acids is 1. The molecule has 0 aliphatic carbocycles. The third-order valence-corrected chi connectivity index (χ3v) is 5.37. The minimum absolute atomic E-state index is 0.265. The Morgan fingerprint density at radius 1 is 1.48 bits per heavy atom. The highest BCUT2D eigenvalue weighted by molar-refractivity contribution is 7.16. The van der Waals surface area contributed by atoms with E-state index in [4.69, 9.17) is 0 Å². The fraction of sp³-hybridized carbons (Fsp3) is 0.214. The first-order valence-corrected chi connectivity index (χ1v) is 8.15. The van der Waals surface area contributed by atoms with Crippen LogP contribution in [0.1, 0.15) is 27.0 Å². The van der Waals surface area contributed by atoms with E-state index in [1.165, 1.54) is 33.9 Å². The maximum Gasteiger partial charge on any atom is 0.280 e. The first kappa shape index (κ1) is 14.0. The minimum Gasteiger partial charge on any atom is -0.267 e. The zero-order chi connectivity index (χ0) is 15.0. The van der Waals surface area contributed by atoms with Crippen LogP contribution < -0.4 is 11.0 Å². The summed E-state index contributed by atoms with van der Waals surface area (Å²) in [6.45, 7) is 4.04. The highest BCUT2D eigenvalue weighted by Crippen LogP contribution is 2.22. The van der Waals surface area contributed by atoms with E-state index in [0.29, 0.717) is 15.1 Å². The maximum absolute atomic E-state index is 12.2. The lowest BCUT2D eigenvalue weighted by atomic mass is 10.2. The van der Waals surface area contributed by atoms with Crippen molar-refractivity contribution in [1.82, 2.24) is 9.66 Å². The number of thiophene rings is 2. The van der Waals surface area contributed by atoms with Crippen molar-refractivity contribution in [3.8, 4) is 0 Å². The average Bonchev–Trinajstić information content (AvgIpc) is 3.08. The lowest BCUT2D eigenvalue weighted by Crippen LogP contribution is -2.32. The van der Waals surface area contributed by atoms with Gasteiger partial charge < -0.3 is 0 Å². The van der Waals surface area contributed by atoms with E-state index in [0.717, 1.165) is 16.7 Å². The van der Waals surface area contributed by atoms with E-state index >= 15 is 0 Å². The third-order valence-electron chi connectivity index (χ3n) is 3.17.